The molecular formula is C111H186N12O6. The van der Waals surface area contributed by atoms with Crippen molar-refractivity contribution in [1.82, 2.24) is 59.8 Å². The van der Waals surface area contributed by atoms with Crippen molar-refractivity contribution in [2.24, 2.45) is 35.5 Å². The van der Waals surface area contributed by atoms with E-state index >= 15 is 0 Å². The summed E-state index contributed by atoms with van der Waals surface area (Å²) >= 11 is 0. The minimum Gasteiger partial charge on any atom is -0.380 e. The third-order valence-corrected chi connectivity index (χ3v) is 28.3. The summed E-state index contributed by atoms with van der Waals surface area (Å²) in [4.78, 5) is 55.0. The highest BCUT2D eigenvalue weighted by Crippen LogP contribution is 2.42. The van der Waals surface area contributed by atoms with E-state index in [1.807, 2.05) is 81.3 Å². The molecule has 0 bridgehead atoms. The Hall–Kier alpha value is -5.76. The smallest absolute Gasteiger partial charge is 0.131 e. The summed E-state index contributed by atoms with van der Waals surface area (Å²) in [6, 6.07) is 0. The van der Waals surface area contributed by atoms with Crippen LogP contribution in [0.2, 0.25) is 0 Å². The maximum atomic E-state index is 5.72. The van der Waals surface area contributed by atoms with Gasteiger partial charge in [0, 0.05) is 183 Å². The molecule has 6 saturated carbocycles. The van der Waals surface area contributed by atoms with Gasteiger partial charge in [0.1, 0.15) is 34.9 Å². The predicted octanol–water partition coefficient (Wildman–Crippen LogP) is 30.4. The van der Waals surface area contributed by atoms with Gasteiger partial charge in [-0.2, -0.15) is 0 Å². The molecule has 0 atom stereocenters. The van der Waals surface area contributed by atoms with Gasteiger partial charge in [-0.15, -0.1) is 0 Å². The fraction of sp³-hybridized carbons (Fsp3) is 0.784. The molecule has 0 aromatic carbocycles. The average Bonchev–Trinajstić information content (AvgIpc) is 0.880. The van der Waals surface area contributed by atoms with Crippen LogP contribution in [0.15, 0.2) is 74.4 Å². The van der Waals surface area contributed by atoms with Crippen LogP contribution in [0.5, 0.6) is 0 Å². The molecule has 726 valence electrons. The van der Waals surface area contributed by atoms with E-state index in [-0.39, 0.29) is 0 Å². The van der Waals surface area contributed by atoms with Crippen LogP contribution in [0, 0.1) is 35.5 Å². The molecule has 6 heterocycles. The van der Waals surface area contributed by atoms with Gasteiger partial charge in [-0.05, 0) is 222 Å². The molecule has 0 spiro atoms. The van der Waals surface area contributed by atoms with E-state index in [9.17, 15) is 0 Å². The molecule has 0 unspecified atom stereocenters. The Kier molecular flexibility index (Phi) is 60.6. The lowest BCUT2D eigenvalue weighted by Gasteiger charge is -2.27. The van der Waals surface area contributed by atoms with Crippen LogP contribution < -0.4 is 0 Å². The molecule has 129 heavy (non-hydrogen) atoms. The van der Waals surface area contributed by atoms with Gasteiger partial charge in [0.25, 0.3) is 0 Å². The van der Waals surface area contributed by atoms with Crippen LogP contribution in [-0.4, -0.2) is 100.0 Å². The van der Waals surface area contributed by atoms with E-state index in [0.717, 1.165) is 163 Å². The molecule has 18 nitrogen and oxygen atoms in total. The Bertz CT molecular complexity index is 3550. The maximum absolute atomic E-state index is 5.72. The largest absolute Gasteiger partial charge is 0.380 e. The first-order valence-corrected chi connectivity index (χ1v) is 53.7. The number of hydrogen-bond donors (Lipinski definition) is 0. The maximum Gasteiger partial charge on any atom is 0.131 e. The predicted molar refractivity (Wildman–Crippen MR) is 531 cm³/mol. The van der Waals surface area contributed by atoms with Gasteiger partial charge in [0.05, 0.1) is 39.6 Å². The molecular weight excluding hydrogens is 1600 g/mol. The Balaban J connectivity index is 0.000000212. The monoisotopic (exact) mass is 1780 g/mol. The summed E-state index contributed by atoms with van der Waals surface area (Å²) in [5.41, 5.74) is 6.52. The van der Waals surface area contributed by atoms with Crippen molar-refractivity contribution < 1.29 is 28.4 Å². The van der Waals surface area contributed by atoms with Crippen molar-refractivity contribution in [2.75, 3.05) is 40.1 Å². The van der Waals surface area contributed by atoms with E-state index in [1.54, 1.807) is 7.11 Å². The standard InChI is InChI=1S/C21H36N2O.C20H34N2O.C19H32N2O.C18H30N2O.C17H28N2O.C16H26N2O/c1-3-5-7-8-14-24-17-19-15-22-21(23-16-19)20-12-10-18(11-13-20)9-6-4-2;1-3-5-7-13-23-16-18-14-21-20(22-15-18)19-11-9-17(10-12-19)8-6-4-2;1-3-5-7-16-8-10-18(11-9-16)19-20-13-17(14-21-19)15-22-12-6-4-2;1-3-5-6-15-7-9-17(10-8-15)18-19-12-16(13-20-18)14-21-11-4-2;1-3-5-6-14-7-9-16(10-8-14)17-18-11-15(12-19-17)13-20-4-2;1-3-4-5-13-6-8-15(9-7-13)16-17-10-14(11-18-16)12-19-2/h15-16,18,20H,3-14,17H2,1-2H3;14-15,17,19H,3-13,16H2,1-2H3;13-14,16,18H,3-12,15H2,1-2H3;12-13,15,17H,3-11,14H2,1-2H3;11-12,14,16H,3-10,13H2,1-2H3;10-11,13,15H,3-9,12H2,1-2H3. The summed E-state index contributed by atoms with van der Waals surface area (Å²) in [6.45, 7) is 32.3. The van der Waals surface area contributed by atoms with E-state index in [1.165, 1.54) is 308 Å². The first kappa shape index (κ1) is 110. The summed E-state index contributed by atoms with van der Waals surface area (Å²) in [5, 5.41) is 0. The Morgan fingerprint density at radius 3 is 0.581 bits per heavy atom. The molecule has 0 radical (unpaired) electrons. The molecule has 6 fully saturated rings. The van der Waals surface area contributed by atoms with Crippen molar-refractivity contribution in [2.45, 2.75) is 485 Å². The zero-order valence-electron chi connectivity index (χ0n) is 84.2. The normalized spacial score (nSPS) is 22.1. The van der Waals surface area contributed by atoms with Crippen LogP contribution in [-0.2, 0) is 68.1 Å². The average molecular weight is 1780 g/mol. The molecule has 12 rings (SSSR count). The lowest BCUT2D eigenvalue weighted by molar-refractivity contribution is 0.116. The summed E-state index contributed by atoms with van der Waals surface area (Å²) < 4.78 is 33.0. The fourth-order valence-electron chi connectivity index (χ4n) is 19.7. The molecule has 6 aliphatic carbocycles. The van der Waals surface area contributed by atoms with Gasteiger partial charge < -0.3 is 28.4 Å². The van der Waals surface area contributed by atoms with E-state index in [4.69, 9.17) is 28.4 Å². The Morgan fingerprint density at radius 1 is 0.194 bits per heavy atom. The van der Waals surface area contributed by atoms with Crippen molar-refractivity contribution in [3.05, 3.63) is 143 Å². The highest BCUT2D eigenvalue weighted by molar-refractivity contribution is 5.13. The van der Waals surface area contributed by atoms with Crippen molar-refractivity contribution in [1.29, 1.82) is 0 Å². The number of rotatable bonds is 51. The van der Waals surface area contributed by atoms with Crippen LogP contribution >= 0.6 is 0 Å². The van der Waals surface area contributed by atoms with Gasteiger partial charge in [-0.1, -0.05) is 223 Å². The van der Waals surface area contributed by atoms with Crippen molar-refractivity contribution in [3.63, 3.8) is 0 Å². The second-order valence-electron chi connectivity index (χ2n) is 39.3. The van der Waals surface area contributed by atoms with Crippen LogP contribution in [0.1, 0.15) is 514 Å². The third kappa shape index (κ3) is 46.4. The third-order valence-electron chi connectivity index (χ3n) is 28.3. The highest BCUT2D eigenvalue weighted by atomic mass is 16.5. The van der Waals surface area contributed by atoms with E-state index in [0.29, 0.717) is 75.1 Å². The van der Waals surface area contributed by atoms with Gasteiger partial charge in [0.2, 0.25) is 0 Å². The Labute approximate surface area is 787 Å². The molecule has 6 aromatic heterocycles. The minimum atomic E-state index is 0.576. The minimum absolute atomic E-state index is 0.576. The molecule has 6 aromatic rings. The summed E-state index contributed by atoms with van der Waals surface area (Å²) in [7, 11) is 1.70. The molecule has 6 aliphatic rings. The van der Waals surface area contributed by atoms with Crippen molar-refractivity contribution in [3.8, 4) is 0 Å². The first-order chi connectivity index (χ1) is 63.5. The fourth-order valence-corrected chi connectivity index (χ4v) is 19.7. The number of unbranched alkanes of at least 4 members (excludes halogenated alkanes) is 12. The molecule has 0 aliphatic heterocycles. The topological polar surface area (TPSA) is 210 Å². The van der Waals surface area contributed by atoms with E-state index < -0.39 is 0 Å². The zero-order valence-corrected chi connectivity index (χ0v) is 84.2. The second kappa shape index (κ2) is 70.9. The molecule has 0 amide bonds. The van der Waals surface area contributed by atoms with Crippen LogP contribution in [0.25, 0.3) is 0 Å². The zero-order chi connectivity index (χ0) is 91.6. The second-order valence-corrected chi connectivity index (χ2v) is 39.3. The van der Waals surface area contributed by atoms with Gasteiger partial charge in [-0.3, -0.25) is 0 Å². The number of aromatic nitrogens is 12. The van der Waals surface area contributed by atoms with Crippen LogP contribution in [0.4, 0.5) is 0 Å². The van der Waals surface area contributed by atoms with E-state index in [2.05, 4.69) is 129 Å². The molecule has 0 N–H and O–H groups in total. The Morgan fingerprint density at radius 2 is 0.380 bits per heavy atom. The summed E-state index contributed by atoms with van der Waals surface area (Å²) in [5.74, 6) is 15.4. The van der Waals surface area contributed by atoms with Crippen molar-refractivity contribution >= 4 is 0 Å². The van der Waals surface area contributed by atoms with Crippen LogP contribution in [0.3, 0.4) is 0 Å². The lowest BCUT2D eigenvalue weighted by Crippen LogP contribution is -2.15. The lowest BCUT2D eigenvalue weighted by atomic mass is 9.79. The van der Waals surface area contributed by atoms with Gasteiger partial charge in [-0.25, -0.2) is 59.8 Å². The first-order valence-electron chi connectivity index (χ1n) is 53.7. The quantitative estimate of drug-likeness (QED) is 0.0325. The number of hydrogen-bond acceptors (Lipinski definition) is 18. The molecule has 18 heteroatoms. The van der Waals surface area contributed by atoms with Gasteiger partial charge in [0.15, 0.2) is 0 Å². The number of nitrogens with zero attached hydrogens (tertiary/aromatic N) is 12. The summed E-state index contributed by atoms with van der Waals surface area (Å²) in [6.07, 6.45) is 91.6. The number of ether oxygens (including phenoxy) is 6. The SMILES string of the molecule is CCCCC1CCC(c2ncc(COC)cn2)CC1.CCCCC1CCC(c2ncc(COCC)cn2)CC1.CCCCC1CCC(c2ncc(COCCC)cn2)CC1.CCCCCCOCc1cnc(C2CCC(CCCC)CC2)nc1.CCCCCOCc1cnc(C2CCC(CCCC)CC2)nc1.CCCCOCc1cnc(C2CCC(CCCC)CC2)nc1. The number of methoxy groups -OCH3 is 1. The van der Waals surface area contributed by atoms with Gasteiger partial charge >= 0.3 is 0 Å². The molecule has 0 saturated heterocycles. The highest BCUT2D eigenvalue weighted by Gasteiger charge is 2.30.